The number of thiocarbonyl (C=S) groups is 1. The molecular weight excluding hydrogens is 275 g/mol. The summed E-state index contributed by atoms with van der Waals surface area (Å²) in [5.41, 5.74) is 4.80. The van der Waals surface area contributed by atoms with E-state index in [4.69, 9.17) is 23.8 Å². The van der Waals surface area contributed by atoms with E-state index in [1.807, 2.05) is 5.43 Å². The lowest BCUT2D eigenvalue weighted by Crippen LogP contribution is -2.44. The minimum atomic E-state index is -4.29. The van der Waals surface area contributed by atoms with Gasteiger partial charge in [0, 0.05) is 10.7 Å². The molecule has 0 unspecified atom stereocenters. The van der Waals surface area contributed by atoms with E-state index in [9.17, 15) is 13.2 Å². The van der Waals surface area contributed by atoms with Gasteiger partial charge < -0.3 is 5.32 Å². The molecule has 0 aliphatic carbocycles. The number of anilines is 1. The van der Waals surface area contributed by atoms with Crippen LogP contribution in [0.2, 0.25) is 5.02 Å². The fourth-order valence-electron chi connectivity index (χ4n) is 0.920. The molecule has 0 fully saturated rings. The predicted molar refractivity (Wildman–Crippen MR) is 64.9 cm³/mol. The molecule has 0 radical (unpaired) electrons. The van der Waals surface area contributed by atoms with Crippen LogP contribution in [0.5, 0.6) is 0 Å². The first-order valence-corrected chi connectivity index (χ1v) is 5.27. The van der Waals surface area contributed by atoms with Gasteiger partial charge in [0.1, 0.15) is 6.54 Å². The highest BCUT2D eigenvalue weighted by atomic mass is 35.5. The van der Waals surface area contributed by atoms with Crippen molar-refractivity contribution in [2.75, 3.05) is 11.9 Å². The maximum absolute atomic E-state index is 11.8. The van der Waals surface area contributed by atoms with E-state index in [0.717, 1.165) is 0 Å². The van der Waals surface area contributed by atoms with Crippen LogP contribution in [0, 0.1) is 0 Å². The molecule has 94 valence electrons. The van der Waals surface area contributed by atoms with Crippen LogP contribution < -0.4 is 16.2 Å². The number of hydrazine groups is 1. The summed E-state index contributed by atoms with van der Waals surface area (Å²) in [7, 11) is 0. The molecule has 0 bridgehead atoms. The predicted octanol–water partition coefficient (Wildman–Crippen LogP) is 2.69. The SMILES string of the molecule is FC(F)(F)CNNC(=S)Nc1ccc(Cl)cc1. The molecule has 17 heavy (non-hydrogen) atoms. The summed E-state index contributed by atoms with van der Waals surface area (Å²) < 4.78 is 35.4. The lowest BCUT2D eigenvalue weighted by molar-refractivity contribution is -0.125. The second kappa shape index (κ2) is 6.04. The molecule has 0 heterocycles. The molecule has 0 amide bonds. The Hall–Kier alpha value is -1.05. The lowest BCUT2D eigenvalue weighted by atomic mass is 10.3. The average molecular weight is 284 g/mol. The smallest absolute Gasteiger partial charge is 0.332 e. The zero-order chi connectivity index (χ0) is 12.9. The van der Waals surface area contributed by atoms with Crippen LogP contribution in [-0.2, 0) is 0 Å². The van der Waals surface area contributed by atoms with Gasteiger partial charge in [-0.05, 0) is 36.5 Å². The Morgan fingerprint density at radius 3 is 2.35 bits per heavy atom. The van der Waals surface area contributed by atoms with E-state index >= 15 is 0 Å². The monoisotopic (exact) mass is 283 g/mol. The van der Waals surface area contributed by atoms with Crippen molar-refractivity contribution in [3.63, 3.8) is 0 Å². The number of nitrogens with one attached hydrogen (secondary N) is 3. The van der Waals surface area contributed by atoms with Gasteiger partial charge in [0.15, 0.2) is 5.11 Å². The quantitative estimate of drug-likeness (QED) is 0.589. The highest BCUT2D eigenvalue weighted by Gasteiger charge is 2.26. The summed E-state index contributed by atoms with van der Waals surface area (Å²) in [5, 5.41) is 3.29. The number of rotatable bonds is 3. The van der Waals surface area contributed by atoms with Gasteiger partial charge in [-0.25, -0.2) is 5.43 Å². The van der Waals surface area contributed by atoms with Crippen LogP contribution >= 0.6 is 23.8 Å². The van der Waals surface area contributed by atoms with E-state index in [1.165, 1.54) is 0 Å². The molecule has 0 saturated heterocycles. The van der Waals surface area contributed by atoms with Crippen molar-refractivity contribution >= 4 is 34.6 Å². The van der Waals surface area contributed by atoms with Crippen molar-refractivity contribution in [2.45, 2.75) is 6.18 Å². The Morgan fingerprint density at radius 2 is 1.82 bits per heavy atom. The van der Waals surface area contributed by atoms with Gasteiger partial charge in [-0.3, -0.25) is 5.43 Å². The molecular formula is C9H9ClF3N3S. The van der Waals surface area contributed by atoms with Crippen LogP contribution in [0.25, 0.3) is 0 Å². The van der Waals surface area contributed by atoms with E-state index in [1.54, 1.807) is 24.3 Å². The maximum Gasteiger partial charge on any atom is 0.402 e. The molecule has 0 aliphatic rings. The van der Waals surface area contributed by atoms with Crippen LogP contribution in [0.1, 0.15) is 0 Å². The normalized spacial score (nSPS) is 11.1. The molecule has 0 aromatic heterocycles. The number of alkyl halides is 3. The third kappa shape index (κ3) is 6.30. The fraction of sp³-hybridized carbons (Fsp3) is 0.222. The van der Waals surface area contributed by atoms with Gasteiger partial charge in [0.2, 0.25) is 0 Å². The van der Waals surface area contributed by atoms with Crippen molar-refractivity contribution in [2.24, 2.45) is 0 Å². The number of hydrogen-bond acceptors (Lipinski definition) is 2. The fourth-order valence-corrected chi connectivity index (χ4v) is 1.24. The molecule has 8 heteroatoms. The summed E-state index contributed by atoms with van der Waals surface area (Å²) in [6.45, 7) is -1.17. The van der Waals surface area contributed by atoms with Crippen molar-refractivity contribution < 1.29 is 13.2 Å². The average Bonchev–Trinajstić information content (AvgIpc) is 2.19. The van der Waals surface area contributed by atoms with Gasteiger partial charge in [-0.1, -0.05) is 11.6 Å². The minimum Gasteiger partial charge on any atom is -0.332 e. The topological polar surface area (TPSA) is 36.1 Å². The molecule has 3 N–H and O–H groups in total. The van der Waals surface area contributed by atoms with Crippen molar-refractivity contribution in [3.8, 4) is 0 Å². The van der Waals surface area contributed by atoms with Crippen molar-refractivity contribution in [3.05, 3.63) is 29.3 Å². The van der Waals surface area contributed by atoms with Crippen molar-refractivity contribution in [1.29, 1.82) is 0 Å². The number of benzene rings is 1. The minimum absolute atomic E-state index is 0.0385. The molecule has 3 nitrogen and oxygen atoms in total. The number of halogens is 4. The molecule has 0 aliphatic heterocycles. The Labute approximate surface area is 106 Å². The Kier molecular flexibility index (Phi) is 4.98. The Morgan fingerprint density at radius 1 is 1.24 bits per heavy atom. The van der Waals surface area contributed by atoms with Gasteiger partial charge in [-0.15, -0.1) is 0 Å². The highest BCUT2D eigenvalue weighted by Crippen LogP contribution is 2.13. The molecule has 0 saturated carbocycles. The lowest BCUT2D eigenvalue weighted by Gasteiger charge is -2.12. The van der Waals surface area contributed by atoms with Crippen LogP contribution in [0.3, 0.4) is 0 Å². The Balaban J connectivity index is 2.32. The summed E-state index contributed by atoms with van der Waals surface area (Å²) in [6.07, 6.45) is -4.29. The number of hydrogen-bond donors (Lipinski definition) is 3. The van der Waals surface area contributed by atoms with Gasteiger partial charge >= 0.3 is 6.18 Å². The molecule has 0 spiro atoms. The van der Waals surface area contributed by atoms with Crippen LogP contribution in [0.15, 0.2) is 24.3 Å². The molecule has 1 aromatic carbocycles. The van der Waals surface area contributed by atoms with Gasteiger partial charge in [0.25, 0.3) is 0 Å². The second-order valence-electron chi connectivity index (χ2n) is 3.05. The van der Waals surface area contributed by atoms with E-state index in [-0.39, 0.29) is 5.11 Å². The first-order valence-electron chi connectivity index (χ1n) is 4.49. The molecule has 0 atom stereocenters. The Bertz CT molecular complexity index is 380. The largest absolute Gasteiger partial charge is 0.402 e. The van der Waals surface area contributed by atoms with E-state index in [2.05, 4.69) is 10.7 Å². The summed E-state index contributed by atoms with van der Waals surface area (Å²) >= 11 is 10.4. The third-order valence-corrected chi connectivity index (χ3v) is 2.05. The van der Waals surface area contributed by atoms with Crippen molar-refractivity contribution in [1.82, 2.24) is 10.9 Å². The first kappa shape index (κ1) is 14.0. The highest BCUT2D eigenvalue weighted by molar-refractivity contribution is 7.80. The van der Waals surface area contributed by atoms with E-state index in [0.29, 0.717) is 10.7 Å². The third-order valence-electron chi connectivity index (χ3n) is 1.59. The summed E-state index contributed by atoms with van der Waals surface area (Å²) in [4.78, 5) is 0. The second-order valence-corrected chi connectivity index (χ2v) is 3.90. The zero-order valence-electron chi connectivity index (χ0n) is 8.44. The zero-order valence-corrected chi connectivity index (χ0v) is 10.0. The standard InChI is InChI=1S/C9H9ClF3N3S/c10-6-1-3-7(4-2-6)15-8(17)16-14-5-9(11,12)13/h1-4,14H,5H2,(H2,15,16,17). The van der Waals surface area contributed by atoms with Crippen LogP contribution in [-0.4, -0.2) is 17.8 Å². The van der Waals surface area contributed by atoms with Gasteiger partial charge in [0.05, 0.1) is 0 Å². The van der Waals surface area contributed by atoms with E-state index < -0.39 is 12.7 Å². The van der Waals surface area contributed by atoms with Crippen LogP contribution in [0.4, 0.5) is 18.9 Å². The summed E-state index contributed by atoms with van der Waals surface area (Å²) in [6, 6.07) is 6.57. The molecule has 1 aromatic rings. The van der Waals surface area contributed by atoms with Gasteiger partial charge in [-0.2, -0.15) is 13.2 Å². The maximum atomic E-state index is 11.8. The first-order chi connectivity index (χ1) is 7.87. The summed E-state index contributed by atoms with van der Waals surface area (Å²) in [5.74, 6) is 0. The molecule has 1 rings (SSSR count).